The summed E-state index contributed by atoms with van der Waals surface area (Å²) in [6.45, 7) is 0.845. The van der Waals surface area contributed by atoms with Gasteiger partial charge in [-0.2, -0.15) is 13.2 Å². The molecule has 5 heteroatoms. The number of halogens is 3. The van der Waals surface area contributed by atoms with E-state index in [1.54, 1.807) is 4.90 Å². The summed E-state index contributed by atoms with van der Waals surface area (Å²) in [5.41, 5.74) is -2.47. The van der Waals surface area contributed by atoms with Gasteiger partial charge in [0, 0.05) is 19.6 Å². The Bertz CT molecular complexity index is 263. The summed E-state index contributed by atoms with van der Waals surface area (Å²) in [4.78, 5) is 1.78. The average Bonchev–Trinajstić information content (AvgIpc) is 2.62. The molecular formula is C12H20F3NO. The number of β-amino-alcohol motifs (C(OH)–C–C–N with tert-alkyl or cyclic N) is 1. The van der Waals surface area contributed by atoms with Gasteiger partial charge < -0.3 is 5.11 Å². The van der Waals surface area contributed by atoms with Crippen LogP contribution >= 0.6 is 0 Å². The van der Waals surface area contributed by atoms with Crippen LogP contribution < -0.4 is 0 Å². The summed E-state index contributed by atoms with van der Waals surface area (Å²) in [6.07, 6.45) is 1.23. The Morgan fingerprint density at radius 2 is 1.82 bits per heavy atom. The molecule has 1 saturated carbocycles. The molecule has 1 aliphatic heterocycles. The van der Waals surface area contributed by atoms with Gasteiger partial charge in [-0.15, -0.1) is 0 Å². The topological polar surface area (TPSA) is 23.5 Å². The van der Waals surface area contributed by atoms with Crippen LogP contribution in [0.3, 0.4) is 0 Å². The van der Waals surface area contributed by atoms with Crippen molar-refractivity contribution < 1.29 is 18.3 Å². The molecular weight excluding hydrogens is 231 g/mol. The second-order valence-electron chi connectivity index (χ2n) is 5.52. The minimum absolute atomic E-state index is 0.177. The first-order valence-electron chi connectivity index (χ1n) is 6.42. The number of hydrogen-bond acceptors (Lipinski definition) is 2. The number of likely N-dealkylation sites (tertiary alicyclic amines) is 1. The van der Waals surface area contributed by atoms with Gasteiger partial charge in [0.25, 0.3) is 0 Å². The van der Waals surface area contributed by atoms with Crippen molar-refractivity contribution in [2.45, 2.75) is 50.3 Å². The van der Waals surface area contributed by atoms with E-state index in [1.807, 2.05) is 0 Å². The van der Waals surface area contributed by atoms with Crippen LogP contribution in [0, 0.1) is 5.92 Å². The van der Waals surface area contributed by atoms with E-state index in [4.69, 9.17) is 0 Å². The smallest absolute Gasteiger partial charge is 0.379 e. The highest BCUT2D eigenvalue weighted by Gasteiger charge is 2.56. The lowest BCUT2D eigenvalue weighted by atomic mass is 9.89. The first-order valence-corrected chi connectivity index (χ1v) is 6.42. The maximum atomic E-state index is 12.6. The Balaban J connectivity index is 1.85. The molecule has 1 N–H and O–H groups in total. The lowest BCUT2D eigenvalue weighted by Gasteiger charge is -2.29. The Labute approximate surface area is 99.8 Å². The fourth-order valence-electron chi connectivity index (χ4n) is 2.99. The maximum absolute atomic E-state index is 12.6. The molecule has 0 spiro atoms. The molecule has 0 aromatic heterocycles. The second kappa shape index (κ2) is 4.76. The zero-order chi connectivity index (χ0) is 12.5. The molecule has 2 rings (SSSR count). The SMILES string of the molecule is OC1(C(F)(F)F)CCN(CC2CCCCC2)C1. The predicted octanol–water partition coefficient (Wildman–Crippen LogP) is 2.57. The summed E-state index contributed by atoms with van der Waals surface area (Å²) in [7, 11) is 0. The van der Waals surface area contributed by atoms with Gasteiger partial charge in [-0.25, -0.2) is 0 Å². The van der Waals surface area contributed by atoms with Crippen molar-refractivity contribution in [2.24, 2.45) is 5.92 Å². The van der Waals surface area contributed by atoms with Crippen LogP contribution in [0.15, 0.2) is 0 Å². The highest BCUT2D eigenvalue weighted by atomic mass is 19.4. The summed E-state index contributed by atoms with van der Waals surface area (Å²) >= 11 is 0. The monoisotopic (exact) mass is 251 g/mol. The molecule has 17 heavy (non-hydrogen) atoms. The van der Waals surface area contributed by atoms with Gasteiger partial charge in [-0.3, -0.25) is 4.90 Å². The Morgan fingerprint density at radius 3 is 2.35 bits per heavy atom. The van der Waals surface area contributed by atoms with Crippen LogP contribution in [0.1, 0.15) is 38.5 Å². The third-order valence-electron chi connectivity index (χ3n) is 4.10. The highest BCUT2D eigenvalue weighted by molar-refractivity contribution is 4.96. The summed E-state index contributed by atoms with van der Waals surface area (Å²) in [5, 5.41) is 9.56. The molecule has 2 fully saturated rings. The van der Waals surface area contributed by atoms with Crippen LogP contribution in [0.5, 0.6) is 0 Å². The predicted molar refractivity (Wildman–Crippen MR) is 58.6 cm³/mol. The zero-order valence-electron chi connectivity index (χ0n) is 9.97. The Morgan fingerprint density at radius 1 is 1.18 bits per heavy atom. The molecule has 0 aromatic rings. The first kappa shape index (κ1) is 13.1. The molecule has 1 aliphatic carbocycles. The van der Waals surface area contributed by atoms with Crippen LogP contribution in [0.25, 0.3) is 0 Å². The lowest BCUT2D eigenvalue weighted by molar-refractivity contribution is -0.254. The van der Waals surface area contributed by atoms with E-state index in [-0.39, 0.29) is 13.0 Å². The minimum atomic E-state index is -4.49. The van der Waals surface area contributed by atoms with Crippen molar-refractivity contribution >= 4 is 0 Å². The van der Waals surface area contributed by atoms with E-state index in [2.05, 4.69) is 0 Å². The number of hydrogen-bond donors (Lipinski definition) is 1. The number of alkyl halides is 3. The van der Waals surface area contributed by atoms with Crippen LogP contribution in [-0.2, 0) is 0 Å². The largest absolute Gasteiger partial charge is 0.418 e. The molecule has 2 nitrogen and oxygen atoms in total. The Kier molecular flexibility index (Phi) is 3.69. The van der Waals surface area contributed by atoms with Gasteiger partial charge in [0.05, 0.1) is 0 Å². The number of rotatable bonds is 2. The van der Waals surface area contributed by atoms with Gasteiger partial charge in [0.15, 0.2) is 5.60 Å². The molecule has 2 aliphatic rings. The molecule has 0 bridgehead atoms. The Hall–Kier alpha value is -0.290. The van der Waals surface area contributed by atoms with E-state index in [0.717, 1.165) is 19.4 Å². The highest BCUT2D eigenvalue weighted by Crippen LogP contribution is 2.38. The second-order valence-corrected chi connectivity index (χ2v) is 5.52. The molecule has 1 saturated heterocycles. The third kappa shape index (κ3) is 2.94. The van der Waals surface area contributed by atoms with Crippen molar-refractivity contribution in [3.63, 3.8) is 0 Å². The number of nitrogens with zero attached hydrogens (tertiary/aromatic N) is 1. The normalized spacial score (nSPS) is 33.2. The standard InChI is InChI=1S/C12H20F3NO/c13-12(14,15)11(17)6-7-16(9-11)8-10-4-2-1-3-5-10/h10,17H,1-9H2. The molecule has 1 heterocycles. The van der Waals surface area contributed by atoms with Crippen LogP contribution in [0.2, 0.25) is 0 Å². The summed E-state index contributed by atoms with van der Waals surface area (Å²) in [5.74, 6) is 0.527. The van der Waals surface area contributed by atoms with Crippen LogP contribution in [-0.4, -0.2) is 41.4 Å². The fraction of sp³-hybridized carbons (Fsp3) is 1.00. The van der Waals surface area contributed by atoms with Gasteiger partial charge in [-0.05, 0) is 25.2 Å². The van der Waals surface area contributed by atoms with Crippen molar-refractivity contribution in [3.05, 3.63) is 0 Å². The van der Waals surface area contributed by atoms with E-state index in [1.165, 1.54) is 19.3 Å². The minimum Gasteiger partial charge on any atom is -0.379 e. The van der Waals surface area contributed by atoms with E-state index in [0.29, 0.717) is 12.5 Å². The number of aliphatic hydroxyl groups is 1. The fourth-order valence-corrected chi connectivity index (χ4v) is 2.99. The van der Waals surface area contributed by atoms with Crippen molar-refractivity contribution in [3.8, 4) is 0 Å². The van der Waals surface area contributed by atoms with Crippen LogP contribution in [0.4, 0.5) is 13.2 Å². The molecule has 100 valence electrons. The van der Waals surface area contributed by atoms with E-state index < -0.39 is 11.8 Å². The average molecular weight is 251 g/mol. The van der Waals surface area contributed by atoms with E-state index >= 15 is 0 Å². The van der Waals surface area contributed by atoms with Gasteiger partial charge in [-0.1, -0.05) is 19.3 Å². The summed E-state index contributed by atoms with van der Waals surface area (Å²) in [6, 6.07) is 0. The van der Waals surface area contributed by atoms with Crippen molar-refractivity contribution in [1.29, 1.82) is 0 Å². The molecule has 1 atom stereocenters. The quantitative estimate of drug-likeness (QED) is 0.815. The van der Waals surface area contributed by atoms with Gasteiger partial charge >= 0.3 is 6.18 Å². The molecule has 0 amide bonds. The van der Waals surface area contributed by atoms with Gasteiger partial charge in [0.2, 0.25) is 0 Å². The van der Waals surface area contributed by atoms with Crippen molar-refractivity contribution in [1.82, 2.24) is 4.90 Å². The molecule has 1 unspecified atom stereocenters. The summed E-state index contributed by atoms with van der Waals surface area (Å²) < 4.78 is 37.9. The van der Waals surface area contributed by atoms with Crippen molar-refractivity contribution in [2.75, 3.05) is 19.6 Å². The zero-order valence-corrected chi connectivity index (χ0v) is 9.97. The molecule has 0 aromatic carbocycles. The third-order valence-corrected chi connectivity index (χ3v) is 4.10. The molecule has 0 radical (unpaired) electrons. The van der Waals surface area contributed by atoms with E-state index in [9.17, 15) is 18.3 Å². The maximum Gasteiger partial charge on any atom is 0.418 e. The lowest BCUT2D eigenvalue weighted by Crippen LogP contribution is -2.47. The van der Waals surface area contributed by atoms with Gasteiger partial charge in [0.1, 0.15) is 0 Å². The first-order chi connectivity index (χ1) is 7.91.